The summed E-state index contributed by atoms with van der Waals surface area (Å²) < 4.78 is 10.6. The van der Waals surface area contributed by atoms with Crippen molar-refractivity contribution < 1.29 is 14.3 Å². The molecule has 5 nitrogen and oxygen atoms in total. The molecule has 1 amide bonds. The van der Waals surface area contributed by atoms with Gasteiger partial charge < -0.3 is 20.5 Å². The quantitative estimate of drug-likeness (QED) is 0.865. The fraction of sp³-hybridized carbons (Fsp3) is 0.462. The predicted molar refractivity (Wildman–Crippen MR) is 74.7 cm³/mol. The fourth-order valence-electron chi connectivity index (χ4n) is 1.84. The van der Waals surface area contributed by atoms with Crippen molar-refractivity contribution in [3.05, 3.63) is 23.8 Å². The van der Waals surface area contributed by atoms with E-state index in [9.17, 15) is 4.79 Å². The molecular weight excluding hydrogens is 268 g/mol. The molecule has 2 rings (SSSR count). The molecule has 0 bridgehead atoms. The molecule has 1 heterocycles. The maximum atomic E-state index is 11.6. The zero-order chi connectivity index (χ0) is 13.0. The van der Waals surface area contributed by atoms with Crippen molar-refractivity contribution in [2.24, 2.45) is 5.73 Å². The van der Waals surface area contributed by atoms with Crippen LogP contribution in [0.25, 0.3) is 0 Å². The summed E-state index contributed by atoms with van der Waals surface area (Å²) in [6.45, 7) is 2.74. The van der Waals surface area contributed by atoms with Crippen molar-refractivity contribution >= 4 is 18.3 Å². The molecule has 106 valence electrons. The number of nitrogens with one attached hydrogen (secondary N) is 1. The van der Waals surface area contributed by atoms with Crippen LogP contribution in [0.5, 0.6) is 11.5 Å². The van der Waals surface area contributed by atoms with Gasteiger partial charge in [-0.15, -0.1) is 12.4 Å². The Morgan fingerprint density at radius 3 is 2.89 bits per heavy atom. The SMILES string of the molecule is CC(NC(=O)CCCN)c1ccc2c(c1)OCO2.Cl. The van der Waals surface area contributed by atoms with Crippen LogP contribution in [-0.4, -0.2) is 19.2 Å². The van der Waals surface area contributed by atoms with E-state index in [0.717, 1.165) is 17.1 Å². The number of halogens is 1. The molecule has 1 aromatic rings. The first-order chi connectivity index (χ1) is 8.70. The standard InChI is InChI=1S/C13H18N2O3.ClH/c1-9(15-13(16)3-2-6-14)10-4-5-11-12(7-10)18-8-17-11;/h4-5,7,9H,2-3,6,8,14H2,1H3,(H,15,16);1H. The van der Waals surface area contributed by atoms with Crippen LogP contribution in [0, 0.1) is 0 Å². The molecule has 0 aromatic heterocycles. The lowest BCUT2D eigenvalue weighted by Gasteiger charge is -2.14. The average molecular weight is 287 g/mol. The summed E-state index contributed by atoms with van der Waals surface area (Å²) in [5.74, 6) is 1.50. The smallest absolute Gasteiger partial charge is 0.231 e. The first-order valence-electron chi connectivity index (χ1n) is 6.09. The molecule has 1 unspecified atom stereocenters. The Balaban J connectivity index is 0.00000180. The van der Waals surface area contributed by atoms with Crippen LogP contribution in [0.1, 0.15) is 31.4 Å². The van der Waals surface area contributed by atoms with E-state index < -0.39 is 0 Å². The van der Waals surface area contributed by atoms with Crippen molar-refractivity contribution in [2.75, 3.05) is 13.3 Å². The molecule has 0 radical (unpaired) electrons. The van der Waals surface area contributed by atoms with E-state index in [2.05, 4.69) is 5.32 Å². The summed E-state index contributed by atoms with van der Waals surface area (Å²) in [5, 5.41) is 2.93. The van der Waals surface area contributed by atoms with Crippen LogP contribution in [0.2, 0.25) is 0 Å². The van der Waals surface area contributed by atoms with Crippen LogP contribution >= 0.6 is 12.4 Å². The third kappa shape index (κ3) is 4.01. The second-order valence-electron chi connectivity index (χ2n) is 4.29. The second kappa shape index (κ2) is 7.21. The van der Waals surface area contributed by atoms with Gasteiger partial charge in [-0.05, 0) is 37.6 Å². The van der Waals surface area contributed by atoms with E-state index in [4.69, 9.17) is 15.2 Å². The lowest BCUT2D eigenvalue weighted by atomic mass is 10.1. The van der Waals surface area contributed by atoms with Gasteiger partial charge in [0, 0.05) is 6.42 Å². The van der Waals surface area contributed by atoms with E-state index in [1.54, 1.807) is 0 Å². The number of carbonyl (C=O) groups excluding carboxylic acids is 1. The number of benzene rings is 1. The summed E-state index contributed by atoms with van der Waals surface area (Å²) in [7, 11) is 0. The number of nitrogens with two attached hydrogens (primary N) is 1. The average Bonchev–Trinajstić information content (AvgIpc) is 2.83. The van der Waals surface area contributed by atoms with Gasteiger partial charge in [0.15, 0.2) is 11.5 Å². The van der Waals surface area contributed by atoms with E-state index in [1.807, 2.05) is 25.1 Å². The van der Waals surface area contributed by atoms with Crippen molar-refractivity contribution in [3.63, 3.8) is 0 Å². The van der Waals surface area contributed by atoms with Crippen molar-refractivity contribution in [2.45, 2.75) is 25.8 Å². The Kier molecular flexibility index (Phi) is 5.92. The number of amides is 1. The van der Waals surface area contributed by atoms with Gasteiger partial charge in [-0.25, -0.2) is 0 Å². The van der Waals surface area contributed by atoms with Gasteiger partial charge in [0.25, 0.3) is 0 Å². The topological polar surface area (TPSA) is 73.6 Å². The first-order valence-corrected chi connectivity index (χ1v) is 6.09. The van der Waals surface area contributed by atoms with Gasteiger partial charge in [0.1, 0.15) is 0 Å². The molecule has 0 aliphatic carbocycles. The van der Waals surface area contributed by atoms with Gasteiger partial charge in [0.2, 0.25) is 12.7 Å². The normalized spacial score (nSPS) is 13.6. The third-order valence-electron chi connectivity index (χ3n) is 2.88. The highest BCUT2D eigenvalue weighted by Crippen LogP contribution is 2.34. The van der Waals surface area contributed by atoms with Gasteiger partial charge in [-0.2, -0.15) is 0 Å². The molecule has 3 N–H and O–H groups in total. The van der Waals surface area contributed by atoms with Crippen LogP contribution < -0.4 is 20.5 Å². The van der Waals surface area contributed by atoms with Crippen molar-refractivity contribution in [1.82, 2.24) is 5.32 Å². The Hall–Kier alpha value is -1.46. The minimum Gasteiger partial charge on any atom is -0.454 e. The molecule has 6 heteroatoms. The number of hydrogen-bond acceptors (Lipinski definition) is 4. The van der Waals surface area contributed by atoms with Crippen molar-refractivity contribution in [3.8, 4) is 11.5 Å². The Morgan fingerprint density at radius 1 is 1.42 bits per heavy atom. The van der Waals surface area contributed by atoms with Gasteiger partial charge >= 0.3 is 0 Å². The molecule has 0 spiro atoms. The summed E-state index contributed by atoms with van der Waals surface area (Å²) in [6, 6.07) is 5.64. The second-order valence-corrected chi connectivity index (χ2v) is 4.29. The first kappa shape index (κ1) is 15.6. The van der Waals surface area contributed by atoms with Gasteiger partial charge in [-0.1, -0.05) is 6.07 Å². The number of carbonyl (C=O) groups is 1. The van der Waals surface area contributed by atoms with Crippen molar-refractivity contribution in [1.29, 1.82) is 0 Å². The monoisotopic (exact) mass is 286 g/mol. The number of rotatable bonds is 5. The number of fused-ring (bicyclic) bond motifs is 1. The third-order valence-corrected chi connectivity index (χ3v) is 2.88. The van der Waals surface area contributed by atoms with E-state index in [-0.39, 0.29) is 31.1 Å². The van der Waals surface area contributed by atoms with Crippen LogP contribution in [0.15, 0.2) is 18.2 Å². The zero-order valence-corrected chi connectivity index (χ0v) is 11.7. The molecule has 1 aliphatic rings. The Labute approximate surface area is 118 Å². The maximum absolute atomic E-state index is 11.6. The molecule has 0 fully saturated rings. The number of ether oxygens (including phenoxy) is 2. The van der Waals surface area contributed by atoms with E-state index >= 15 is 0 Å². The Bertz CT molecular complexity index is 440. The highest BCUT2D eigenvalue weighted by atomic mass is 35.5. The highest BCUT2D eigenvalue weighted by Gasteiger charge is 2.16. The predicted octanol–water partition coefficient (Wildman–Crippen LogP) is 1.75. The number of hydrogen-bond donors (Lipinski definition) is 2. The molecule has 1 aromatic carbocycles. The van der Waals surface area contributed by atoms with E-state index in [0.29, 0.717) is 19.4 Å². The molecule has 1 aliphatic heterocycles. The van der Waals surface area contributed by atoms with Gasteiger partial charge in [-0.3, -0.25) is 4.79 Å². The Morgan fingerprint density at radius 2 is 2.16 bits per heavy atom. The highest BCUT2D eigenvalue weighted by molar-refractivity contribution is 5.85. The molecular formula is C13H19ClN2O3. The van der Waals surface area contributed by atoms with Gasteiger partial charge in [0.05, 0.1) is 6.04 Å². The summed E-state index contributed by atoms with van der Waals surface area (Å²) in [6.07, 6.45) is 1.17. The summed E-state index contributed by atoms with van der Waals surface area (Å²) >= 11 is 0. The molecule has 0 saturated heterocycles. The largest absolute Gasteiger partial charge is 0.454 e. The minimum atomic E-state index is -0.0511. The lowest BCUT2D eigenvalue weighted by molar-refractivity contribution is -0.121. The minimum absolute atomic E-state index is 0. The molecule has 19 heavy (non-hydrogen) atoms. The summed E-state index contributed by atoms with van der Waals surface area (Å²) in [4.78, 5) is 11.6. The zero-order valence-electron chi connectivity index (χ0n) is 10.8. The lowest BCUT2D eigenvalue weighted by Crippen LogP contribution is -2.26. The molecule has 0 saturated carbocycles. The fourth-order valence-corrected chi connectivity index (χ4v) is 1.84. The maximum Gasteiger partial charge on any atom is 0.231 e. The summed E-state index contributed by atoms with van der Waals surface area (Å²) in [5.41, 5.74) is 6.37. The van der Waals surface area contributed by atoms with E-state index in [1.165, 1.54) is 0 Å². The van der Waals surface area contributed by atoms with Crippen LogP contribution in [-0.2, 0) is 4.79 Å². The van der Waals surface area contributed by atoms with Crippen LogP contribution in [0.4, 0.5) is 0 Å². The van der Waals surface area contributed by atoms with Crippen LogP contribution in [0.3, 0.4) is 0 Å². The molecule has 1 atom stereocenters.